The average Bonchev–Trinajstić information content (AvgIpc) is 2.50. The van der Waals surface area contributed by atoms with E-state index in [1.54, 1.807) is 18.2 Å². The molecule has 0 unspecified atom stereocenters. The molecule has 4 nitrogen and oxygen atoms in total. The third-order valence-electron chi connectivity index (χ3n) is 3.05. The van der Waals surface area contributed by atoms with Crippen molar-refractivity contribution in [1.29, 1.82) is 0 Å². The van der Waals surface area contributed by atoms with Crippen molar-refractivity contribution in [3.05, 3.63) is 50.3 Å². The third kappa shape index (κ3) is 4.00. The first-order valence-electron chi connectivity index (χ1n) is 6.48. The number of nitrogens with one attached hydrogen (secondary N) is 1. The molecule has 0 spiro atoms. The van der Waals surface area contributed by atoms with E-state index in [0.717, 1.165) is 3.57 Å². The Balaban J connectivity index is 2.62. The molecule has 0 heterocycles. The molecule has 0 aliphatic rings. The van der Waals surface area contributed by atoms with Gasteiger partial charge in [-0.15, -0.1) is 0 Å². The van der Waals surface area contributed by atoms with Gasteiger partial charge in [0.05, 0.1) is 23.4 Å². The normalized spacial score (nSPS) is 10.3. The second-order valence-corrected chi connectivity index (χ2v) is 6.25. The van der Waals surface area contributed by atoms with E-state index in [9.17, 15) is 14.0 Å². The minimum Gasteiger partial charge on any atom is -0.465 e. The standard InChI is InChI=1S/C16H12ClFINO3/c1-8(21)20-15-7-10(9-3-4-13(18)12(17)5-9)14(19)6-11(15)16(22)23-2/h3-7H,1-2H3,(H,20,21). The molecule has 2 aromatic rings. The number of halogens is 3. The summed E-state index contributed by atoms with van der Waals surface area (Å²) >= 11 is 7.88. The van der Waals surface area contributed by atoms with Gasteiger partial charge in [0.15, 0.2) is 0 Å². The number of esters is 1. The highest BCUT2D eigenvalue weighted by Crippen LogP contribution is 2.33. The monoisotopic (exact) mass is 447 g/mol. The summed E-state index contributed by atoms with van der Waals surface area (Å²) in [7, 11) is 1.26. The van der Waals surface area contributed by atoms with Gasteiger partial charge in [0.1, 0.15) is 5.82 Å². The summed E-state index contributed by atoms with van der Waals surface area (Å²) in [6.45, 7) is 1.34. The molecular weight excluding hydrogens is 436 g/mol. The van der Waals surface area contributed by atoms with Gasteiger partial charge in [-0.1, -0.05) is 17.7 Å². The molecule has 120 valence electrons. The van der Waals surface area contributed by atoms with Crippen molar-refractivity contribution in [2.45, 2.75) is 6.92 Å². The fourth-order valence-electron chi connectivity index (χ4n) is 2.03. The minimum absolute atomic E-state index is 0.00331. The summed E-state index contributed by atoms with van der Waals surface area (Å²) in [4.78, 5) is 23.2. The van der Waals surface area contributed by atoms with Crippen LogP contribution in [-0.4, -0.2) is 19.0 Å². The van der Waals surface area contributed by atoms with Gasteiger partial charge in [-0.3, -0.25) is 4.79 Å². The first kappa shape index (κ1) is 17.7. The molecule has 0 aliphatic carbocycles. The highest BCUT2D eigenvalue weighted by Gasteiger charge is 2.17. The molecule has 7 heteroatoms. The largest absolute Gasteiger partial charge is 0.465 e. The Morgan fingerprint density at radius 2 is 1.96 bits per heavy atom. The Morgan fingerprint density at radius 3 is 2.52 bits per heavy atom. The molecule has 0 aliphatic heterocycles. The lowest BCUT2D eigenvalue weighted by Gasteiger charge is -2.13. The van der Waals surface area contributed by atoms with Gasteiger partial charge in [-0.05, 0) is 58.0 Å². The van der Waals surface area contributed by atoms with Crippen LogP contribution in [0.25, 0.3) is 11.1 Å². The summed E-state index contributed by atoms with van der Waals surface area (Å²) in [5.41, 5.74) is 1.94. The highest BCUT2D eigenvalue weighted by molar-refractivity contribution is 14.1. The van der Waals surface area contributed by atoms with E-state index in [-0.39, 0.29) is 16.5 Å². The smallest absolute Gasteiger partial charge is 0.340 e. The van der Waals surface area contributed by atoms with Crippen LogP contribution >= 0.6 is 34.2 Å². The van der Waals surface area contributed by atoms with Crippen molar-refractivity contribution in [2.75, 3.05) is 12.4 Å². The summed E-state index contributed by atoms with van der Waals surface area (Å²) in [5, 5.41) is 2.60. The van der Waals surface area contributed by atoms with Gasteiger partial charge in [0.2, 0.25) is 5.91 Å². The van der Waals surface area contributed by atoms with Gasteiger partial charge >= 0.3 is 5.97 Å². The topological polar surface area (TPSA) is 55.4 Å². The second kappa shape index (κ2) is 7.27. The molecular formula is C16H12ClFINO3. The molecule has 0 saturated heterocycles. The van der Waals surface area contributed by atoms with Crippen LogP contribution in [0.1, 0.15) is 17.3 Å². The van der Waals surface area contributed by atoms with E-state index < -0.39 is 11.8 Å². The zero-order valence-corrected chi connectivity index (χ0v) is 15.2. The van der Waals surface area contributed by atoms with E-state index in [2.05, 4.69) is 27.9 Å². The molecule has 0 fully saturated rings. The van der Waals surface area contributed by atoms with E-state index in [0.29, 0.717) is 16.8 Å². The van der Waals surface area contributed by atoms with Gasteiger partial charge in [0.25, 0.3) is 0 Å². The van der Waals surface area contributed by atoms with Crippen molar-refractivity contribution in [1.82, 2.24) is 0 Å². The lowest BCUT2D eigenvalue weighted by molar-refractivity contribution is -0.114. The van der Waals surface area contributed by atoms with Gasteiger partial charge in [-0.2, -0.15) is 0 Å². The lowest BCUT2D eigenvalue weighted by Crippen LogP contribution is -2.12. The number of hydrogen-bond acceptors (Lipinski definition) is 3. The molecule has 23 heavy (non-hydrogen) atoms. The first-order chi connectivity index (χ1) is 10.8. The van der Waals surface area contributed by atoms with Crippen molar-refractivity contribution in [3.63, 3.8) is 0 Å². The predicted octanol–water partition coefficient (Wildman–Crippen LogP) is 4.50. The van der Waals surface area contributed by atoms with E-state index >= 15 is 0 Å². The van der Waals surface area contributed by atoms with Crippen molar-refractivity contribution < 1.29 is 18.7 Å². The number of carbonyl (C=O) groups is 2. The SMILES string of the molecule is COC(=O)c1cc(I)c(-c2ccc(F)c(Cl)c2)cc1NC(C)=O. The number of anilines is 1. The van der Waals surface area contributed by atoms with Crippen LogP contribution in [0, 0.1) is 9.39 Å². The van der Waals surface area contributed by atoms with Crippen LogP contribution in [0.5, 0.6) is 0 Å². The Kier molecular flexibility index (Phi) is 5.59. The Morgan fingerprint density at radius 1 is 1.26 bits per heavy atom. The third-order valence-corrected chi connectivity index (χ3v) is 4.24. The average molecular weight is 448 g/mol. The highest BCUT2D eigenvalue weighted by atomic mass is 127. The fraction of sp³-hybridized carbons (Fsp3) is 0.125. The van der Waals surface area contributed by atoms with Crippen molar-refractivity contribution >= 4 is 51.8 Å². The molecule has 1 amide bonds. The van der Waals surface area contributed by atoms with Crippen LogP contribution in [0.4, 0.5) is 10.1 Å². The van der Waals surface area contributed by atoms with Crippen LogP contribution in [0.2, 0.25) is 5.02 Å². The van der Waals surface area contributed by atoms with Crippen LogP contribution in [0.3, 0.4) is 0 Å². The minimum atomic E-state index is -0.560. The molecule has 1 N–H and O–H groups in total. The maximum Gasteiger partial charge on any atom is 0.340 e. The molecule has 0 radical (unpaired) electrons. The van der Waals surface area contributed by atoms with E-state index in [4.69, 9.17) is 16.3 Å². The molecule has 0 bridgehead atoms. The first-order valence-corrected chi connectivity index (χ1v) is 7.94. The summed E-state index contributed by atoms with van der Waals surface area (Å²) in [5.74, 6) is -1.39. The molecule has 0 atom stereocenters. The number of amides is 1. The molecule has 0 saturated carbocycles. The lowest BCUT2D eigenvalue weighted by atomic mass is 10.0. The van der Waals surface area contributed by atoms with Crippen molar-refractivity contribution in [3.8, 4) is 11.1 Å². The summed E-state index contributed by atoms with van der Waals surface area (Å²) in [6, 6.07) is 7.57. The van der Waals surface area contributed by atoms with Crippen LogP contribution < -0.4 is 5.32 Å². The maximum absolute atomic E-state index is 13.3. The number of benzene rings is 2. The van der Waals surface area contributed by atoms with Crippen molar-refractivity contribution in [2.24, 2.45) is 0 Å². The quantitative estimate of drug-likeness (QED) is 0.557. The zero-order chi connectivity index (χ0) is 17.1. The van der Waals surface area contributed by atoms with Gasteiger partial charge in [-0.25, -0.2) is 9.18 Å². The van der Waals surface area contributed by atoms with E-state index in [1.165, 1.54) is 26.2 Å². The Bertz CT molecular complexity index is 795. The Hall–Kier alpha value is -1.67. The number of hydrogen-bond donors (Lipinski definition) is 1. The van der Waals surface area contributed by atoms with Gasteiger partial charge in [0, 0.05) is 10.5 Å². The van der Waals surface area contributed by atoms with Gasteiger partial charge < -0.3 is 10.1 Å². The second-order valence-electron chi connectivity index (χ2n) is 4.68. The van der Waals surface area contributed by atoms with Crippen LogP contribution in [-0.2, 0) is 9.53 Å². The number of methoxy groups -OCH3 is 1. The number of carbonyl (C=O) groups excluding carboxylic acids is 2. The zero-order valence-electron chi connectivity index (χ0n) is 12.2. The number of ether oxygens (including phenoxy) is 1. The predicted molar refractivity (Wildman–Crippen MR) is 95.2 cm³/mol. The Labute approximate surface area is 151 Å². The molecule has 2 aromatic carbocycles. The molecule has 2 rings (SSSR count). The number of rotatable bonds is 3. The van der Waals surface area contributed by atoms with Crippen LogP contribution in [0.15, 0.2) is 30.3 Å². The summed E-state index contributed by atoms with van der Waals surface area (Å²) in [6.07, 6.45) is 0. The molecule has 0 aromatic heterocycles. The van der Waals surface area contributed by atoms with E-state index in [1.807, 2.05) is 0 Å². The summed E-state index contributed by atoms with van der Waals surface area (Å²) < 4.78 is 18.8. The maximum atomic E-state index is 13.3. The fourth-order valence-corrected chi connectivity index (χ4v) is 2.99.